The molecule has 0 radical (unpaired) electrons. The van der Waals surface area contributed by atoms with Crippen molar-refractivity contribution >= 4 is 5.65 Å². The Kier molecular flexibility index (Phi) is 3.67. The molecule has 0 bridgehead atoms. The van der Waals surface area contributed by atoms with Crippen LogP contribution >= 0.6 is 0 Å². The molecular weight excluding hydrogens is 324 g/mol. The van der Waals surface area contributed by atoms with Gasteiger partial charge in [-0.15, -0.1) is 0 Å². The van der Waals surface area contributed by atoms with Gasteiger partial charge in [0.05, 0.1) is 17.3 Å². The van der Waals surface area contributed by atoms with Gasteiger partial charge in [-0.3, -0.25) is 9.89 Å². The average Bonchev–Trinajstić information content (AvgIpc) is 2.99. The number of hydrogen-bond donors (Lipinski definition) is 1. The lowest BCUT2D eigenvalue weighted by atomic mass is 10.0. The minimum Gasteiger partial charge on any atom is -0.293 e. The predicted octanol–water partition coefficient (Wildman–Crippen LogP) is 3.85. The number of aromatic nitrogens is 3. The maximum atomic E-state index is 12.6. The summed E-state index contributed by atoms with van der Waals surface area (Å²) in [6.45, 7) is 3.97. The van der Waals surface area contributed by atoms with Crippen molar-refractivity contribution in [1.82, 2.24) is 14.6 Å². The Hall–Kier alpha value is -3.65. The van der Waals surface area contributed by atoms with E-state index >= 15 is 0 Å². The topological polar surface area (TPSA) is 73.9 Å². The number of aromatic amines is 1. The molecular formula is C21H16N4O. The molecule has 2 heterocycles. The van der Waals surface area contributed by atoms with E-state index in [1.165, 1.54) is 16.1 Å². The molecule has 5 nitrogen and oxygen atoms in total. The van der Waals surface area contributed by atoms with Crippen molar-refractivity contribution in [3.05, 3.63) is 81.8 Å². The van der Waals surface area contributed by atoms with Crippen LogP contribution in [0.4, 0.5) is 0 Å². The summed E-state index contributed by atoms with van der Waals surface area (Å²) < 4.78 is 1.47. The van der Waals surface area contributed by atoms with Gasteiger partial charge < -0.3 is 0 Å². The van der Waals surface area contributed by atoms with E-state index in [4.69, 9.17) is 10.2 Å². The van der Waals surface area contributed by atoms with Crippen LogP contribution in [-0.4, -0.2) is 14.6 Å². The van der Waals surface area contributed by atoms with E-state index in [2.05, 4.69) is 11.2 Å². The van der Waals surface area contributed by atoms with Gasteiger partial charge in [0, 0.05) is 22.9 Å². The van der Waals surface area contributed by atoms with Crippen LogP contribution in [0.25, 0.3) is 28.0 Å². The van der Waals surface area contributed by atoms with Gasteiger partial charge in [-0.05, 0) is 31.5 Å². The van der Waals surface area contributed by atoms with Gasteiger partial charge in [-0.2, -0.15) is 5.26 Å². The summed E-state index contributed by atoms with van der Waals surface area (Å²) in [6.07, 6.45) is 0. The van der Waals surface area contributed by atoms with Gasteiger partial charge in [-0.1, -0.05) is 42.0 Å². The Labute approximate surface area is 150 Å². The monoisotopic (exact) mass is 340 g/mol. The van der Waals surface area contributed by atoms with Crippen molar-refractivity contribution in [1.29, 1.82) is 5.26 Å². The SMILES string of the molecule is Cc1ccc(-c2c(C)[nH]n3c(=O)cc(-c4ccc(C#N)cc4)nc23)cc1. The van der Waals surface area contributed by atoms with Crippen molar-refractivity contribution in [3.8, 4) is 28.5 Å². The number of fused-ring (bicyclic) bond motifs is 1. The minimum absolute atomic E-state index is 0.171. The maximum absolute atomic E-state index is 12.6. The lowest BCUT2D eigenvalue weighted by Gasteiger charge is -2.04. The summed E-state index contributed by atoms with van der Waals surface area (Å²) in [5.74, 6) is 0. The molecule has 2 aromatic heterocycles. The van der Waals surface area contributed by atoms with Crippen LogP contribution in [0, 0.1) is 25.2 Å². The number of H-pyrrole nitrogens is 1. The standard InChI is InChI=1S/C21H16N4O/c1-13-3-7-17(8-4-13)20-14(2)24-25-19(26)11-18(23-21(20)25)16-9-5-15(12-22)6-10-16/h3-11,24H,1-2H3. The Balaban J connectivity index is 1.95. The van der Waals surface area contributed by atoms with Crippen molar-refractivity contribution < 1.29 is 0 Å². The number of aryl methyl sites for hydroxylation is 2. The second-order valence-electron chi connectivity index (χ2n) is 6.31. The number of benzene rings is 2. The van der Waals surface area contributed by atoms with E-state index in [1.54, 1.807) is 12.1 Å². The maximum Gasteiger partial charge on any atom is 0.273 e. The molecule has 0 saturated carbocycles. The molecule has 0 aliphatic heterocycles. The highest BCUT2D eigenvalue weighted by molar-refractivity contribution is 5.81. The number of nitriles is 1. The fraction of sp³-hybridized carbons (Fsp3) is 0.0952. The van der Waals surface area contributed by atoms with Gasteiger partial charge in [-0.25, -0.2) is 9.50 Å². The molecule has 1 N–H and O–H groups in total. The Bertz CT molecular complexity index is 1210. The van der Waals surface area contributed by atoms with E-state index in [-0.39, 0.29) is 5.56 Å². The number of nitrogens with zero attached hydrogens (tertiary/aromatic N) is 3. The molecule has 0 atom stereocenters. The van der Waals surface area contributed by atoms with Crippen LogP contribution in [0.3, 0.4) is 0 Å². The first-order valence-electron chi connectivity index (χ1n) is 8.27. The molecule has 0 aliphatic carbocycles. The molecule has 0 saturated heterocycles. The summed E-state index contributed by atoms with van der Waals surface area (Å²) >= 11 is 0. The van der Waals surface area contributed by atoms with Crippen molar-refractivity contribution in [2.75, 3.05) is 0 Å². The smallest absolute Gasteiger partial charge is 0.273 e. The first-order valence-corrected chi connectivity index (χ1v) is 8.27. The molecule has 2 aromatic carbocycles. The summed E-state index contributed by atoms with van der Waals surface area (Å²) in [6, 6.07) is 18.8. The first kappa shape index (κ1) is 15.9. The van der Waals surface area contributed by atoms with Crippen LogP contribution in [0.1, 0.15) is 16.8 Å². The molecule has 4 aromatic rings. The quantitative estimate of drug-likeness (QED) is 0.602. The summed E-state index contributed by atoms with van der Waals surface area (Å²) in [5, 5.41) is 12.1. The molecule has 0 unspecified atom stereocenters. The third-order valence-corrected chi connectivity index (χ3v) is 4.45. The third kappa shape index (κ3) is 2.58. The highest BCUT2D eigenvalue weighted by Gasteiger charge is 2.15. The molecule has 0 spiro atoms. The van der Waals surface area contributed by atoms with E-state index in [0.717, 1.165) is 22.4 Å². The molecule has 26 heavy (non-hydrogen) atoms. The van der Waals surface area contributed by atoms with E-state index < -0.39 is 0 Å². The van der Waals surface area contributed by atoms with Crippen LogP contribution < -0.4 is 5.56 Å². The Morgan fingerprint density at radius 1 is 1.00 bits per heavy atom. The molecule has 0 amide bonds. The van der Waals surface area contributed by atoms with Crippen LogP contribution in [-0.2, 0) is 0 Å². The van der Waals surface area contributed by atoms with E-state index in [1.807, 2.05) is 50.2 Å². The molecule has 5 heteroatoms. The molecule has 0 fully saturated rings. The zero-order valence-electron chi connectivity index (χ0n) is 14.4. The van der Waals surface area contributed by atoms with Gasteiger partial charge in [0.25, 0.3) is 5.56 Å². The van der Waals surface area contributed by atoms with Gasteiger partial charge >= 0.3 is 0 Å². The number of nitrogens with one attached hydrogen (secondary N) is 1. The summed E-state index contributed by atoms with van der Waals surface area (Å²) in [5.41, 5.74) is 6.38. The van der Waals surface area contributed by atoms with Gasteiger partial charge in [0.2, 0.25) is 0 Å². The van der Waals surface area contributed by atoms with Crippen LogP contribution in [0.2, 0.25) is 0 Å². The van der Waals surface area contributed by atoms with Crippen molar-refractivity contribution in [2.24, 2.45) is 0 Å². The Morgan fingerprint density at radius 2 is 1.65 bits per heavy atom. The fourth-order valence-corrected chi connectivity index (χ4v) is 3.08. The second kappa shape index (κ2) is 6.01. The van der Waals surface area contributed by atoms with Crippen molar-refractivity contribution in [3.63, 3.8) is 0 Å². The second-order valence-corrected chi connectivity index (χ2v) is 6.31. The zero-order valence-corrected chi connectivity index (χ0v) is 14.4. The lowest BCUT2D eigenvalue weighted by molar-refractivity contribution is 0.882. The highest BCUT2D eigenvalue weighted by atomic mass is 16.1. The molecule has 126 valence electrons. The van der Waals surface area contributed by atoms with Crippen LogP contribution in [0.5, 0.6) is 0 Å². The van der Waals surface area contributed by atoms with Crippen molar-refractivity contribution in [2.45, 2.75) is 13.8 Å². The lowest BCUT2D eigenvalue weighted by Crippen LogP contribution is -2.14. The predicted molar refractivity (Wildman–Crippen MR) is 101 cm³/mol. The zero-order chi connectivity index (χ0) is 18.3. The molecule has 0 aliphatic rings. The highest BCUT2D eigenvalue weighted by Crippen LogP contribution is 2.28. The summed E-state index contributed by atoms with van der Waals surface area (Å²) in [4.78, 5) is 17.3. The van der Waals surface area contributed by atoms with Crippen LogP contribution in [0.15, 0.2) is 59.4 Å². The number of hydrogen-bond acceptors (Lipinski definition) is 3. The Morgan fingerprint density at radius 3 is 2.31 bits per heavy atom. The number of rotatable bonds is 2. The minimum atomic E-state index is -0.171. The summed E-state index contributed by atoms with van der Waals surface area (Å²) in [7, 11) is 0. The van der Waals surface area contributed by atoms with E-state index in [9.17, 15) is 4.79 Å². The third-order valence-electron chi connectivity index (χ3n) is 4.45. The normalized spacial score (nSPS) is 10.8. The fourth-order valence-electron chi connectivity index (χ4n) is 3.08. The first-order chi connectivity index (χ1) is 12.6. The average molecular weight is 340 g/mol. The largest absolute Gasteiger partial charge is 0.293 e. The van der Waals surface area contributed by atoms with Gasteiger partial charge in [0.1, 0.15) is 0 Å². The van der Waals surface area contributed by atoms with E-state index in [0.29, 0.717) is 16.9 Å². The van der Waals surface area contributed by atoms with Gasteiger partial charge in [0.15, 0.2) is 5.65 Å². The molecule has 4 rings (SSSR count).